The lowest BCUT2D eigenvalue weighted by molar-refractivity contribution is 0.640. The fourth-order valence-electron chi connectivity index (χ4n) is 2.37. The van der Waals surface area contributed by atoms with Crippen LogP contribution in [0, 0.1) is 13.8 Å². The average Bonchev–Trinajstić information content (AvgIpc) is 2.79. The highest BCUT2D eigenvalue weighted by atomic mass is 15.3. The van der Waals surface area contributed by atoms with Gasteiger partial charge in [0.25, 0.3) is 0 Å². The van der Waals surface area contributed by atoms with Gasteiger partial charge in [0, 0.05) is 24.3 Å². The third-order valence-corrected chi connectivity index (χ3v) is 3.57. The van der Waals surface area contributed by atoms with Gasteiger partial charge in [-0.15, -0.1) is 0 Å². The smallest absolute Gasteiger partial charge is 0.0571 e. The molecule has 0 aliphatic heterocycles. The van der Waals surface area contributed by atoms with Crippen LogP contribution < -0.4 is 5.32 Å². The summed E-state index contributed by atoms with van der Waals surface area (Å²) < 4.78 is 2.05. The van der Waals surface area contributed by atoms with Gasteiger partial charge in [0.1, 0.15) is 0 Å². The van der Waals surface area contributed by atoms with Gasteiger partial charge in [-0.2, -0.15) is 5.10 Å². The quantitative estimate of drug-likeness (QED) is 0.890. The summed E-state index contributed by atoms with van der Waals surface area (Å²) in [5.41, 5.74) is 6.42. The van der Waals surface area contributed by atoms with E-state index in [9.17, 15) is 0 Å². The maximum Gasteiger partial charge on any atom is 0.0571 e. The summed E-state index contributed by atoms with van der Waals surface area (Å²) in [4.78, 5) is 0. The normalized spacial score (nSPS) is 10.9. The summed E-state index contributed by atoms with van der Waals surface area (Å²) in [6.45, 7) is 11.4. The van der Waals surface area contributed by atoms with Crippen molar-refractivity contribution < 1.29 is 0 Å². The highest BCUT2D eigenvalue weighted by Crippen LogP contribution is 2.27. The Morgan fingerprint density at radius 2 is 1.95 bits per heavy atom. The maximum atomic E-state index is 4.44. The number of aromatic nitrogens is 2. The minimum Gasteiger partial charge on any atom is -0.313 e. The molecular formula is C16H23N3. The molecule has 2 aromatic rings. The van der Waals surface area contributed by atoms with E-state index in [0.717, 1.165) is 19.6 Å². The van der Waals surface area contributed by atoms with Crippen molar-refractivity contribution in [2.24, 2.45) is 0 Å². The SMILES string of the molecule is CCNCc1ccc(C)c(-c2cnn(CC)c2C)c1. The Morgan fingerprint density at radius 3 is 2.58 bits per heavy atom. The molecular weight excluding hydrogens is 234 g/mol. The largest absolute Gasteiger partial charge is 0.313 e. The molecule has 0 amide bonds. The number of rotatable bonds is 5. The second kappa shape index (κ2) is 6.02. The Balaban J connectivity index is 2.39. The lowest BCUT2D eigenvalue weighted by atomic mass is 9.98. The van der Waals surface area contributed by atoms with Crippen molar-refractivity contribution in [3.05, 3.63) is 41.2 Å². The van der Waals surface area contributed by atoms with Crippen LogP contribution >= 0.6 is 0 Å². The first-order chi connectivity index (χ1) is 9.17. The Labute approximate surface area is 115 Å². The molecule has 0 saturated heterocycles. The summed E-state index contributed by atoms with van der Waals surface area (Å²) in [5, 5.41) is 7.82. The number of nitrogens with one attached hydrogen (secondary N) is 1. The summed E-state index contributed by atoms with van der Waals surface area (Å²) in [6, 6.07) is 6.67. The van der Waals surface area contributed by atoms with Crippen molar-refractivity contribution in [2.75, 3.05) is 6.54 Å². The van der Waals surface area contributed by atoms with Crippen LogP contribution in [-0.2, 0) is 13.1 Å². The number of nitrogens with zero attached hydrogens (tertiary/aromatic N) is 2. The van der Waals surface area contributed by atoms with Gasteiger partial charge >= 0.3 is 0 Å². The molecule has 0 radical (unpaired) electrons. The second-order valence-electron chi connectivity index (χ2n) is 4.89. The molecule has 1 aromatic carbocycles. The van der Waals surface area contributed by atoms with Crippen molar-refractivity contribution in [3.8, 4) is 11.1 Å². The predicted octanol–water partition coefficient (Wildman–Crippen LogP) is 3.30. The van der Waals surface area contributed by atoms with Crippen LogP contribution in [0.4, 0.5) is 0 Å². The lowest BCUT2D eigenvalue weighted by Gasteiger charge is -2.09. The molecule has 0 atom stereocenters. The summed E-state index contributed by atoms with van der Waals surface area (Å²) in [6.07, 6.45) is 1.98. The third-order valence-electron chi connectivity index (χ3n) is 3.57. The predicted molar refractivity (Wildman–Crippen MR) is 80.2 cm³/mol. The van der Waals surface area contributed by atoms with Crippen LogP contribution in [0.15, 0.2) is 24.4 Å². The van der Waals surface area contributed by atoms with Crippen molar-refractivity contribution in [3.63, 3.8) is 0 Å². The molecule has 2 rings (SSSR count). The van der Waals surface area contributed by atoms with Crippen molar-refractivity contribution in [2.45, 2.75) is 40.8 Å². The Bertz CT molecular complexity index is 555. The van der Waals surface area contributed by atoms with Gasteiger partial charge in [0.2, 0.25) is 0 Å². The molecule has 0 spiro atoms. The maximum absolute atomic E-state index is 4.44. The van der Waals surface area contributed by atoms with Crippen molar-refractivity contribution >= 4 is 0 Å². The first kappa shape index (κ1) is 13.8. The molecule has 0 unspecified atom stereocenters. The topological polar surface area (TPSA) is 29.9 Å². The molecule has 3 heteroatoms. The molecule has 3 nitrogen and oxygen atoms in total. The van der Waals surface area contributed by atoms with Crippen LogP contribution in [0.5, 0.6) is 0 Å². The minimum absolute atomic E-state index is 0.919. The summed E-state index contributed by atoms with van der Waals surface area (Å²) >= 11 is 0. The zero-order valence-electron chi connectivity index (χ0n) is 12.3. The van der Waals surface area contributed by atoms with Gasteiger partial charge in [0.15, 0.2) is 0 Å². The van der Waals surface area contributed by atoms with Gasteiger partial charge in [-0.05, 0) is 50.1 Å². The Morgan fingerprint density at radius 1 is 1.16 bits per heavy atom. The zero-order chi connectivity index (χ0) is 13.8. The molecule has 102 valence electrons. The summed E-state index contributed by atoms with van der Waals surface area (Å²) in [7, 11) is 0. The molecule has 1 aromatic heterocycles. The number of benzene rings is 1. The van der Waals surface area contributed by atoms with Gasteiger partial charge < -0.3 is 5.32 Å². The van der Waals surface area contributed by atoms with E-state index in [4.69, 9.17) is 0 Å². The van der Waals surface area contributed by atoms with Crippen LogP contribution in [0.2, 0.25) is 0 Å². The van der Waals surface area contributed by atoms with E-state index in [1.807, 2.05) is 10.9 Å². The van der Waals surface area contributed by atoms with E-state index in [1.165, 1.54) is 27.9 Å². The third kappa shape index (κ3) is 2.87. The molecule has 1 heterocycles. The van der Waals surface area contributed by atoms with Gasteiger partial charge in [-0.1, -0.05) is 19.1 Å². The van der Waals surface area contributed by atoms with Gasteiger partial charge in [0.05, 0.1) is 6.20 Å². The first-order valence-electron chi connectivity index (χ1n) is 7.00. The summed E-state index contributed by atoms with van der Waals surface area (Å²) in [5.74, 6) is 0. The van der Waals surface area contributed by atoms with Crippen molar-refractivity contribution in [1.82, 2.24) is 15.1 Å². The van der Waals surface area contributed by atoms with E-state index in [-0.39, 0.29) is 0 Å². The van der Waals surface area contributed by atoms with Crippen LogP contribution in [0.3, 0.4) is 0 Å². The molecule has 0 saturated carbocycles. The standard InChI is InChI=1S/C16H23N3/c1-5-17-10-14-8-7-12(3)15(9-14)16-11-18-19(6-2)13(16)4/h7-9,11,17H,5-6,10H2,1-4H3. The van der Waals surface area contributed by atoms with Crippen LogP contribution in [0.25, 0.3) is 11.1 Å². The minimum atomic E-state index is 0.919. The monoisotopic (exact) mass is 257 g/mol. The second-order valence-corrected chi connectivity index (χ2v) is 4.89. The molecule has 0 bridgehead atoms. The van der Waals surface area contributed by atoms with E-state index in [2.05, 4.69) is 56.3 Å². The zero-order valence-corrected chi connectivity index (χ0v) is 12.3. The Hall–Kier alpha value is -1.61. The van der Waals surface area contributed by atoms with Crippen LogP contribution in [-0.4, -0.2) is 16.3 Å². The van der Waals surface area contributed by atoms with E-state index < -0.39 is 0 Å². The van der Waals surface area contributed by atoms with E-state index in [0.29, 0.717) is 0 Å². The number of hydrogen-bond acceptors (Lipinski definition) is 2. The lowest BCUT2D eigenvalue weighted by Crippen LogP contribution is -2.11. The Kier molecular flexibility index (Phi) is 4.38. The average molecular weight is 257 g/mol. The molecule has 0 aliphatic carbocycles. The highest BCUT2D eigenvalue weighted by Gasteiger charge is 2.10. The van der Waals surface area contributed by atoms with Gasteiger partial charge in [-0.25, -0.2) is 0 Å². The van der Waals surface area contributed by atoms with Crippen LogP contribution in [0.1, 0.15) is 30.7 Å². The molecule has 0 aliphatic rings. The van der Waals surface area contributed by atoms with E-state index in [1.54, 1.807) is 0 Å². The van der Waals surface area contributed by atoms with Crippen molar-refractivity contribution in [1.29, 1.82) is 0 Å². The fraction of sp³-hybridized carbons (Fsp3) is 0.438. The number of aryl methyl sites for hydroxylation is 2. The van der Waals surface area contributed by atoms with E-state index >= 15 is 0 Å². The molecule has 1 N–H and O–H groups in total. The van der Waals surface area contributed by atoms with Gasteiger partial charge in [-0.3, -0.25) is 4.68 Å². The number of hydrogen-bond donors (Lipinski definition) is 1. The fourth-order valence-corrected chi connectivity index (χ4v) is 2.37. The molecule has 0 fully saturated rings. The molecule has 19 heavy (non-hydrogen) atoms. The highest BCUT2D eigenvalue weighted by molar-refractivity contribution is 5.69. The first-order valence-corrected chi connectivity index (χ1v) is 7.00.